The molecule has 0 bridgehead atoms. The molecule has 0 aliphatic carbocycles. The van der Waals surface area contributed by atoms with Crippen molar-refractivity contribution >= 4 is 17.6 Å². The highest BCUT2D eigenvalue weighted by Gasteiger charge is 2.21. The first-order chi connectivity index (χ1) is 7.84. The molecule has 92 valence electrons. The van der Waals surface area contributed by atoms with E-state index in [0.29, 0.717) is 12.0 Å². The summed E-state index contributed by atoms with van der Waals surface area (Å²) < 4.78 is 0. The zero-order valence-electron chi connectivity index (χ0n) is 10.6. The van der Waals surface area contributed by atoms with Crippen LogP contribution in [0.5, 0.6) is 0 Å². The summed E-state index contributed by atoms with van der Waals surface area (Å²) in [5.74, 6) is 0.0448. The summed E-state index contributed by atoms with van der Waals surface area (Å²) in [5.41, 5.74) is -0.0392. The quantitative estimate of drug-likeness (QED) is 0.814. The fraction of sp³-hybridized carbons (Fsp3) is 0.500. The Bertz CT molecular complexity index is 418. The second-order valence-corrected chi connectivity index (χ2v) is 4.78. The minimum Gasteiger partial charge on any atom is -0.294 e. The molecule has 1 aromatic rings. The van der Waals surface area contributed by atoms with Crippen molar-refractivity contribution in [2.24, 2.45) is 5.41 Å². The topological polar surface area (TPSA) is 72.0 Å². The Hall–Kier alpha value is -1.78. The highest BCUT2D eigenvalue weighted by Crippen LogP contribution is 2.15. The van der Waals surface area contributed by atoms with Gasteiger partial charge in [0.25, 0.3) is 0 Å². The summed E-state index contributed by atoms with van der Waals surface area (Å²) in [4.78, 5) is 30.9. The molecule has 0 aromatic carbocycles. The van der Waals surface area contributed by atoms with Gasteiger partial charge in [0.15, 0.2) is 5.78 Å². The summed E-state index contributed by atoms with van der Waals surface area (Å²) in [6, 6.07) is 0. The van der Waals surface area contributed by atoms with Gasteiger partial charge in [0.2, 0.25) is 11.9 Å². The number of nitrogens with zero attached hydrogens (tertiary/aromatic N) is 2. The zero-order chi connectivity index (χ0) is 13.1. The third-order valence-corrected chi connectivity index (χ3v) is 2.20. The SMILES string of the molecule is CCC(=O)c1cnc(NC(=O)C(C)(C)C)nc1. The van der Waals surface area contributed by atoms with Crippen molar-refractivity contribution < 1.29 is 9.59 Å². The molecule has 5 heteroatoms. The van der Waals surface area contributed by atoms with Gasteiger partial charge >= 0.3 is 0 Å². The van der Waals surface area contributed by atoms with Gasteiger partial charge in [-0.3, -0.25) is 14.9 Å². The first-order valence-corrected chi connectivity index (χ1v) is 5.51. The number of ketones is 1. The van der Waals surface area contributed by atoms with Crippen molar-refractivity contribution in [3.05, 3.63) is 18.0 Å². The van der Waals surface area contributed by atoms with Gasteiger partial charge in [-0.1, -0.05) is 27.7 Å². The van der Waals surface area contributed by atoms with E-state index < -0.39 is 5.41 Å². The number of carbonyl (C=O) groups excluding carboxylic acids is 2. The van der Waals surface area contributed by atoms with Gasteiger partial charge in [0, 0.05) is 24.2 Å². The summed E-state index contributed by atoms with van der Waals surface area (Å²) in [6.07, 6.45) is 3.27. The lowest BCUT2D eigenvalue weighted by Crippen LogP contribution is -2.28. The van der Waals surface area contributed by atoms with E-state index in [4.69, 9.17) is 0 Å². The first kappa shape index (κ1) is 13.3. The van der Waals surface area contributed by atoms with E-state index in [9.17, 15) is 9.59 Å². The van der Waals surface area contributed by atoms with Gasteiger partial charge in [0.1, 0.15) is 0 Å². The van der Waals surface area contributed by atoms with Crippen molar-refractivity contribution in [3.8, 4) is 0 Å². The van der Waals surface area contributed by atoms with Crippen LogP contribution in [0.1, 0.15) is 44.5 Å². The second kappa shape index (κ2) is 5.03. The van der Waals surface area contributed by atoms with E-state index in [-0.39, 0.29) is 17.6 Å². The molecule has 1 amide bonds. The minimum atomic E-state index is -0.499. The Morgan fingerprint density at radius 1 is 1.24 bits per heavy atom. The average molecular weight is 235 g/mol. The molecule has 0 aliphatic heterocycles. The number of nitrogens with one attached hydrogen (secondary N) is 1. The molecule has 0 saturated heterocycles. The number of amides is 1. The van der Waals surface area contributed by atoms with Crippen molar-refractivity contribution in [3.63, 3.8) is 0 Å². The Labute approximate surface area is 101 Å². The molecule has 0 spiro atoms. The summed E-state index contributed by atoms with van der Waals surface area (Å²) >= 11 is 0. The molecule has 0 saturated carbocycles. The molecule has 1 N–H and O–H groups in total. The van der Waals surface area contributed by atoms with E-state index in [1.54, 1.807) is 27.7 Å². The van der Waals surface area contributed by atoms with Gasteiger partial charge in [-0.15, -0.1) is 0 Å². The van der Waals surface area contributed by atoms with E-state index >= 15 is 0 Å². The van der Waals surface area contributed by atoms with Crippen molar-refractivity contribution in [1.82, 2.24) is 9.97 Å². The summed E-state index contributed by atoms with van der Waals surface area (Å²) in [5, 5.41) is 2.59. The maximum Gasteiger partial charge on any atom is 0.232 e. The molecule has 0 unspecified atom stereocenters. The number of rotatable bonds is 3. The van der Waals surface area contributed by atoms with E-state index in [1.807, 2.05) is 0 Å². The minimum absolute atomic E-state index is 0.0151. The van der Waals surface area contributed by atoms with Gasteiger partial charge in [-0.05, 0) is 0 Å². The third-order valence-electron chi connectivity index (χ3n) is 2.20. The number of hydrogen-bond acceptors (Lipinski definition) is 4. The van der Waals surface area contributed by atoms with Crippen LogP contribution in [0.4, 0.5) is 5.95 Å². The van der Waals surface area contributed by atoms with Gasteiger partial charge in [0.05, 0.1) is 5.56 Å². The molecule has 0 fully saturated rings. The second-order valence-electron chi connectivity index (χ2n) is 4.78. The lowest BCUT2D eigenvalue weighted by molar-refractivity contribution is -0.123. The molecule has 1 rings (SSSR count). The fourth-order valence-electron chi connectivity index (χ4n) is 1.03. The highest BCUT2D eigenvalue weighted by molar-refractivity contribution is 5.96. The smallest absolute Gasteiger partial charge is 0.232 e. The standard InChI is InChI=1S/C12H17N3O2/c1-5-9(16)8-6-13-11(14-7-8)15-10(17)12(2,3)4/h6-7H,5H2,1-4H3,(H,13,14,15,17). The molecule has 0 atom stereocenters. The van der Waals surface area contributed by atoms with Crippen LogP contribution < -0.4 is 5.32 Å². The largest absolute Gasteiger partial charge is 0.294 e. The summed E-state index contributed by atoms with van der Waals surface area (Å²) in [7, 11) is 0. The first-order valence-electron chi connectivity index (χ1n) is 5.51. The van der Waals surface area contributed by atoms with Crippen molar-refractivity contribution in [2.75, 3.05) is 5.32 Å². The fourth-order valence-corrected chi connectivity index (χ4v) is 1.03. The number of aromatic nitrogens is 2. The van der Waals surface area contributed by atoms with Crippen molar-refractivity contribution in [2.45, 2.75) is 34.1 Å². The number of Topliss-reactive ketones (excluding diaryl/α,β-unsaturated/α-hetero) is 1. The van der Waals surface area contributed by atoms with Crippen molar-refractivity contribution in [1.29, 1.82) is 0 Å². The predicted octanol–water partition coefficient (Wildman–Crippen LogP) is 2.05. The van der Waals surface area contributed by atoms with Crippen LogP contribution >= 0.6 is 0 Å². The number of carbonyl (C=O) groups is 2. The Morgan fingerprint density at radius 2 is 1.76 bits per heavy atom. The predicted molar refractivity (Wildman–Crippen MR) is 64.7 cm³/mol. The number of anilines is 1. The number of hydrogen-bond donors (Lipinski definition) is 1. The molecule has 1 aromatic heterocycles. The lowest BCUT2D eigenvalue weighted by atomic mass is 9.96. The van der Waals surface area contributed by atoms with Crippen LogP contribution in [0.2, 0.25) is 0 Å². The maximum absolute atomic E-state index is 11.7. The van der Waals surface area contributed by atoms with Crippen LogP contribution in [0.3, 0.4) is 0 Å². The normalized spacial score (nSPS) is 11.1. The molecular formula is C12H17N3O2. The maximum atomic E-state index is 11.7. The van der Waals surface area contributed by atoms with Gasteiger partial charge in [-0.25, -0.2) is 9.97 Å². The van der Waals surface area contributed by atoms with Crippen LogP contribution in [0.15, 0.2) is 12.4 Å². The van der Waals surface area contributed by atoms with Crippen LogP contribution in [0.25, 0.3) is 0 Å². The molecule has 17 heavy (non-hydrogen) atoms. The van der Waals surface area contributed by atoms with E-state index in [2.05, 4.69) is 15.3 Å². The van der Waals surface area contributed by atoms with E-state index in [1.165, 1.54) is 12.4 Å². The molecule has 0 radical (unpaired) electrons. The zero-order valence-corrected chi connectivity index (χ0v) is 10.6. The summed E-state index contributed by atoms with van der Waals surface area (Å²) in [6.45, 7) is 7.18. The molecule has 0 aliphatic rings. The van der Waals surface area contributed by atoms with Gasteiger partial charge in [-0.2, -0.15) is 0 Å². The molecular weight excluding hydrogens is 218 g/mol. The Morgan fingerprint density at radius 3 is 2.18 bits per heavy atom. The van der Waals surface area contributed by atoms with Crippen LogP contribution in [-0.4, -0.2) is 21.7 Å². The van der Waals surface area contributed by atoms with Crippen LogP contribution in [0, 0.1) is 5.41 Å². The Balaban J connectivity index is 2.76. The monoisotopic (exact) mass is 235 g/mol. The third kappa shape index (κ3) is 3.62. The van der Waals surface area contributed by atoms with Gasteiger partial charge < -0.3 is 0 Å². The average Bonchev–Trinajstić information content (AvgIpc) is 2.27. The van der Waals surface area contributed by atoms with E-state index in [0.717, 1.165) is 0 Å². The lowest BCUT2D eigenvalue weighted by Gasteiger charge is -2.16. The molecule has 1 heterocycles. The highest BCUT2D eigenvalue weighted by atomic mass is 16.2. The Kier molecular flexibility index (Phi) is 3.93. The van der Waals surface area contributed by atoms with Crippen LogP contribution in [-0.2, 0) is 4.79 Å². The molecule has 5 nitrogen and oxygen atoms in total.